The molecule has 80 valence electrons. The van der Waals surface area contributed by atoms with Crippen LogP contribution in [0.2, 0.25) is 0 Å². The molecule has 0 spiro atoms. The SMILES string of the molecule is CC1CC=C2C[C@@H](Br)CC[C@]2(C)C1C. The van der Waals surface area contributed by atoms with E-state index in [1.165, 1.54) is 25.7 Å². The van der Waals surface area contributed by atoms with Crippen molar-refractivity contribution in [2.75, 3.05) is 0 Å². The fraction of sp³-hybridized carbons (Fsp3) is 0.846. The number of halogens is 1. The summed E-state index contributed by atoms with van der Waals surface area (Å²) in [7, 11) is 0. The van der Waals surface area contributed by atoms with Gasteiger partial charge in [0.1, 0.15) is 0 Å². The summed E-state index contributed by atoms with van der Waals surface area (Å²) in [5.41, 5.74) is 2.25. The Balaban J connectivity index is 2.28. The van der Waals surface area contributed by atoms with E-state index in [2.05, 4.69) is 42.8 Å². The van der Waals surface area contributed by atoms with Crippen LogP contribution in [0.4, 0.5) is 0 Å². The molecule has 4 atom stereocenters. The van der Waals surface area contributed by atoms with Crippen molar-refractivity contribution in [3.8, 4) is 0 Å². The van der Waals surface area contributed by atoms with Crippen LogP contribution >= 0.6 is 15.9 Å². The van der Waals surface area contributed by atoms with Gasteiger partial charge in [0.05, 0.1) is 0 Å². The topological polar surface area (TPSA) is 0 Å². The smallest absolute Gasteiger partial charge is 0.0183 e. The Bertz CT molecular complexity index is 256. The molecule has 2 rings (SSSR count). The first-order valence-electron chi connectivity index (χ1n) is 5.87. The second-order valence-electron chi connectivity index (χ2n) is 5.49. The molecule has 0 aromatic carbocycles. The second-order valence-corrected chi connectivity index (χ2v) is 6.78. The van der Waals surface area contributed by atoms with E-state index < -0.39 is 0 Å². The quantitative estimate of drug-likeness (QED) is 0.441. The van der Waals surface area contributed by atoms with Crippen LogP contribution in [-0.2, 0) is 0 Å². The van der Waals surface area contributed by atoms with E-state index in [-0.39, 0.29) is 0 Å². The van der Waals surface area contributed by atoms with Gasteiger partial charge in [-0.1, -0.05) is 48.4 Å². The molecule has 2 aliphatic carbocycles. The standard InChI is InChI=1S/C13H21Br/c1-9-4-5-11-8-12(14)6-7-13(11,3)10(9)2/h5,9-10,12H,4,6-8H2,1-3H3/t9?,10?,12-,13+/m0/s1. The van der Waals surface area contributed by atoms with Gasteiger partial charge in [0.15, 0.2) is 0 Å². The van der Waals surface area contributed by atoms with Gasteiger partial charge in [-0.2, -0.15) is 0 Å². The maximum Gasteiger partial charge on any atom is 0.0183 e. The average Bonchev–Trinajstić information content (AvgIpc) is 2.16. The number of alkyl halides is 1. The number of allylic oxidation sites excluding steroid dienone is 2. The molecule has 1 saturated carbocycles. The summed E-state index contributed by atoms with van der Waals surface area (Å²) in [5.74, 6) is 1.73. The predicted molar refractivity (Wildman–Crippen MR) is 65.7 cm³/mol. The van der Waals surface area contributed by atoms with Crippen molar-refractivity contribution >= 4 is 15.9 Å². The molecule has 0 aromatic heterocycles. The van der Waals surface area contributed by atoms with Gasteiger partial charge in [-0.15, -0.1) is 0 Å². The van der Waals surface area contributed by atoms with Gasteiger partial charge in [0.25, 0.3) is 0 Å². The molecule has 0 amide bonds. The third-order valence-electron chi connectivity index (χ3n) is 4.75. The summed E-state index contributed by atoms with van der Waals surface area (Å²) in [6.07, 6.45) is 7.84. The van der Waals surface area contributed by atoms with Crippen LogP contribution < -0.4 is 0 Å². The summed E-state index contributed by atoms with van der Waals surface area (Å²) in [6, 6.07) is 0. The average molecular weight is 257 g/mol. The lowest BCUT2D eigenvalue weighted by atomic mass is 9.58. The van der Waals surface area contributed by atoms with Crippen molar-refractivity contribution in [3.05, 3.63) is 11.6 Å². The molecule has 14 heavy (non-hydrogen) atoms. The third-order valence-corrected chi connectivity index (χ3v) is 5.53. The molecule has 0 nitrogen and oxygen atoms in total. The van der Waals surface area contributed by atoms with Crippen molar-refractivity contribution in [3.63, 3.8) is 0 Å². The first-order valence-corrected chi connectivity index (χ1v) is 6.79. The molecule has 0 radical (unpaired) electrons. The lowest BCUT2D eigenvalue weighted by molar-refractivity contribution is 0.135. The van der Waals surface area contributed by atoms with E-state index in [4.69, 9.17) is 0 Å². The highest BCUT2D eigenvalue weighted by molar-refractivity contribution is 9.09. The zero-order valence-electron chi connectivity index (χ0n) is 9.52. The molecular formula is C13H21Br. The fourth-order valence-corrected chi connectivity index (χ4v) is 3.77. The Morgan fingerprint density at radius 1 is 1.43 bits per heavy atom. The Labute approximate surface area is 96.3 Å². The summed E-state index contributed by atoms with van der Waals surface area (Å²) in [6.45, 7) is 7.34. The lowest BCUT2D eigenvalue weighted by Gasteiger charge is -2.48. The van der Waals surface area contributed by atoms with Crippen molar-refractivity contribution < 1.29 is 0 Å². The van der Waals surface area contributed by atoms with Crippen molar-refractivity contribution in [2.24, 2.45) is 17.3 Å². The zero-order valence-corrected chi connectivity index (χ0v) is 11.1. The van der Waals surface area contributed by atoms with Crippen LogP contribution in [0.3, 0.4) is 0 Å². The Morgan fingerprint density at radius 3 is 2.86 bits per heavy atom. The van der Waals surface area contributed by atoms with Crippen LogP contribution in [0.5, 0.6) is 0 Å². The van der Waals surface area contributed by atoms with Crippen LogP contribution in [-0.4, -0.2) is 4.83 Å². The van der Waals surface area contributed by atoms with E-state index >= 15 is 0 Å². The first kappa shape index (κ1) is 10.7. The van der Waals surface area contributed by atoms with E-state index in [0.29, 0.717) is 5.41 Å². The van der Waals surface area contributed by atoms with Crippen molar-refractivity contribution in [1.82, 2.24) is 0 Å². The molecule has 0 aromatic rings. The number of hydrogen-bond acceptors (Lipinski definition) is 0. The maximum absolute atomic E-state index is 3.77. The molecule has 0 N–H and O–H groups in total. The van der Waals surface area contributed by atoms with Gasteiger partial charge < -0.3 is 0 Å². The number of fused-ring (bicyclic) bond motifs is 1. The summed E-state index contributed by atoms with van der Waals surface area (Å²) in [4.78, 5) is 0.738. The van der Waals surface area contributed by atoms with Crippen LogP contribution in [0.1, 0.15) is 46.5 Å². The molecule has 0 heterocycles. The minimum atomic E-state index is 0.516. The van der Waals surface area contributed by atoms with E-state index in [1.54, 1.807) is 5.57 Å². The Kier molecular flexibility index (Phi) is 2.81. The van der Waals surface area contributed by atoms with Gasteiger partial charge in [0.2, 0.25) is 0 Å². The lowest BCUT2D eigenvalue weighted by Crippen LogP contribution is -2.39. The largest absolute Gasteiger partial charge is 0.0887 e. The molecule has 2 unspecified atom stereocenters. The van der Waals surface area contributed by atoms with Gasteiger partial charge in [-0.25, -0.2) is 0 Å². The molecule has 0 saturated heterocycles. The van der Waals surface area contributed by atoms with Crippen molar-refractivity contribution in [2.45, 2.75) is 51.3 Å². The first-order chi connectivity index (χ1) is 6.54. The van der Waals surface area contributed by atoms with Crippen LogP contribution in [0, 0.1) is 17.3 Å². The molecule has 1 heteroatoms. The molecule has 2 aliphatic rings. The van der Waals surface area contributed by atoms with Crippen LogP contribution in [0.15, 0.2) is 11.6 Å². The molecular weight excluding hydrogens is 236 g/mol. The monoisotopic (exact) mass is 256 g/mol. The summed E-state index contributed by atoms with van der Waals surface area (Å²) >= 11 is 3.77. The normalized spacial score (nSPS) is 48.3. The number of rotatable bonds is 0. The highest BCUT2D eigenvalue weighted by Crippen LogP contribution is 2.53. The van der Waals surface area contributed by atoms with Gasteiger partial charge >= 0.3 is 0 Å². The van der Waals surface area contributed by atoms with E-state index in [0.717, 1.165) is 16.7 Å². The van der Waals surface area contributed by atoms with Gasteiger partial charge in [-0.3, -0.25) is 0 Å². The Hall–Kier alpha value is 0.220. The number of hydrogen-bond donors (Lipinski definition) is 0. The predicted octanol–water partition coefficient (Wildman–Crippen LogP) is 4.54. The minimum Gasteiger partial charge on any atom is -0.0887 e. The summed E-state index contributed by atoms with van der Waals surface area (Å²) < 4.78 is 0. The zero-order chi connectivity index (χ0) is 10.3. The van der Waals surface area contributed by atoms with Gasteiger partial charge in [0, 0.05) is 4.83 Å². The molecule has 0 bridgehead atoms. The Morgan fingerprint density at radius 2 is 2.14 bits per heavy atom. The van der Waals surface area contributed by atoms with E-state index in [9.17, 15) is 0 Å². The third kappa shape index (κ3) is 1.58. The molecule has 1 fully saturated rings. The summed E-state index contributed by atoms with van der Waals surface area (Å²) in [5, 5.41) is 0. The highest BCUT2D eigenvalue weighted by atomic mass is 79.9. The van der Waals surface area contributed by atoms with Crippen LogP contribution in [0.25, 0.3) is 0 Å². The van der Waals surface area contributed by atoms with E-state index in [1.807, 2.05) is 0 Å². The molecule has 0 aliphatic heterocycles. The maximum atomic E-state index is 3.77. The fourth-order valence-electron chi connectivity index (χ4n) is 3.19. The second kappa shape index (κ2) is 3.66. The van der Waals surface area contributed by atoms with Gasteiger partial charge in [-0.05, 0) is 42.9 Å². The minimum absolute atomic E-state index is 0.516. The van der Waals surface area contributed by atoms with Crippen molar-refractivity contribution in [1.29, 1.82) is 0 Å². The highest BCUT2D eigenvalue weighted by Gasteiger charge is 2.42.